The molecule has 0 N–H and O–H groups in total. The molecule has 2 heterocycles. The molecule has 0 aliphatic carbocycles. The minimum absolute atomic E-state index is 0.418. The van der Waals surface area contributed by atoms with E-state index in [0.717, 1.165) is 32.0 Å². The van der Waals surface area contributed by atoms with Crippen molar-refractivity contribution in [2.45, 2.75) is 13.0 Å². The molecule has 1 aliphatic rings. The first-order valence-corrected chi connectivity index (χ1v) is 8.68. The van der Waals surface area contributed by atoms with Gasteiger partial charge in [0.1, 0.15) is 12.7 Å². The predicted molar refractivity (Wildman–Crippen MR) is 97.6 cm³/mol. The van der Waals surface area contributed by atoms with Crippen LogP contribution in [-0.2, 0) is 4.74 Å². The van der Waals surface area contributed by atoms with E-state index in [4.69, 9.17) is 4.74 Å². The zero-order chi connectivity index (χ0) is 17.1. The van der Waals surface area contributed by atoms with Crippen molar-refractivity contribution in [1.82, 2.24) is 19.7 Å². The molecule has 3 aromatic rings. The third-order valence-corrected chi connectivity index (χ3v) is 4.88. The van der Waals surface area contributed by atoms with E-state index in [9.17, 15) is 0 Å². The van der Waals surface area contributed by atoms with Gasteiger partial charge in [0.2, 0.25) is 0 Å². The van der Waals surface area contributed by atoms with Crippen LogP contribution in [0.25, 0.3) is 16.8 Å². The first-order valence-electron chi connectivity index (χ1n) is 8.68. The highest BCUT2D eigenvalue weighted by Gasteiger charge is 2.18. The van der Waals surface area contributed by atoms with E-state index < -0.39 is 0 Å². The van der Waals surface area contributed by atoms with Crippen LogP contribution in [0.3, 0.4) is 0 Å². The summed E-state index contributed by atoms with van der Waals surface area (Å²) in [5.74, 6) is 0. The highest BCUT2D eigenvalue weighted by molar-refractivity contribution is 5.66. The molecule has 1 aromatic heterocycles. The molecule has 0 unspecified atom stereocenters. The van der Waals surface area contributed by atoms with Crippen LogP contribution in [-0.4, -0.2) is 46.0 Å². The molecule has 128 valence electrons. The maximum atomic E-state index is 5.45. The number of aromatic nitrogens is 3. The molecule has 0 amide bonds. The fourth-order valence-electron chi connectivity index (χ4n) is 3.31. The number of nitrogens with zero attached hydrogens (tertiary/aromatic N) is 4. The zero-order valence-electron chi connectivity index (χ0n) is 14.4. The van der Waals surface area contributed by atoms with Gasteiger partial charge in [-0.05, 0) is 35.7 Å². The average molecular weight is 334 g/mol. The highest BCUT2D eigenvalue weighted by atomic mass is 16.5. The molecule has 0 bridgehead atoms. The molecule has 2 aromatic carbocycles. The molecular weight excluding hydrogens is 312 g/mol. The number of hydrogen-bond acceptors (Lipinski definition) is 4. The summed E-state index contributed by atoms with van der Waals surface area (Å²) in [6.07, 6.45) is 3.43. The summed E-state index contributed by atoms with van der Waals surface area (Å²) in [4.78, 5) is 2.48. The monoisotopic (exact) mass is 334 g/mol. The third kappa shape index (κ3) is 3.48. The van der Waals surface area contributed by atoms with Crippen molar-refractivity contribution >= 4 is 0 Å². The van der Waals surface area contributed by atoms with Crippen LogP contribution in [0, 0.1) is 0 Å². The number of benzene rings is 2. The van der Waals surface area contributed by atoms with Crippen LogP contribution < -0.4 is 0 Å². The van der Waals surface area contributed by atoms with Gasteiger partial charge in [-0.2, -0.15) is 0 Å². The molecule has 5 heteroatoms. The maximum Gasteiger partial charge on any atom is 0.123 e. The smallest absolute Gasteiger partial charge is 0.123 e. The first kappa shape index (κ1) is 16.0. The summed E-state index contributed by atoms with van der Waals surface area (Å²) in [6, 6.07) is 17.7. The van der Waals surface area contributed by atoms with Crippen LogP contribution >= 0.6 is 0 Å². The highest BCUT2D eigenvalue weighted by Crippen LogP contribution is 2.26. The van der Waals surface area contributed by atoms with Crippen LogP contribution in [0.1, 0.15) is 18.5 Å². The van der Waals surface area contributed by atoms with E-state index in [1.165, 1.54) is 16.7 Å². The molecule has 25 heavy (non-hydrogen) atoms. The SMILES string of the molecule is C[C@@H](c1ccc(-c2cccc(-n3cnnc3)c2)cc1)N1CCOCC1. The van der Waals surface area contributed by atoms with Crippen molar-refractivity contribution in [3.8, 4) is 16.8 Å². The van der Waals surface area contributed by atoms with E-state index in [1.54, 1.807) is 12.7 Å². The standard InChI is InChI=1S/C20H22N4O/c1-16(23-9-11-25-12-10-23)17-5-7-18(8-6-17)19-3-2-4-20(13-19)24-14-21-22-15-24/h2-8,13-16H,9-12H2,1H3/t16-/m0/s1. The quantitative estimate of drug-likeness (QED) is 0.734. The number of hydrogen-bond donors (Lipinski definition) is 0. The number of morpholine rings is 1. The van der Waals surface area contributed by atoms with Crippen molar-refractivity contribution in [3.05, 3.63) is 66.7 Å². The average Bonchev–Trinajstić information content (AvgIpc) is 3.23. The molecule has 0 saturated carbocycles. The normalized spacial score (nSPS) is 16.7. The first-order chi connectivity index (χ1) is 12.3. The Bertz CT molecular complexity index is 808. The van der Waals surface area contributed by atoms with Crippen molar-refractivity contribution in [2.75, 3.05) is 26.3 Å². The Morgan fingerprint density at radius 2 is 1.64 bits per heavy atom. The van der Waals surface area contributed by atoms with Gasteiger partial charge in [0.15, 0.2) is 0 Å². The molecule has 1 atom stereocenters. The predicted octanol–water partition coefficient (Wildman–Crippen LogP) is 3.33. The van der Waals surface area contributed by atoms with E-state index in [1.807, 2.05) is 4.57 Å². The van der Waals surface area contributed by atoms with Gasteiger partial charge in [0.05, 0.1) is 13.2 Å². The van der Waals surface area contributed by atoms with Crippen LogP contribution in [0.15, 0.2) is 61.2 Å². The molecule has 0 spiro atoms. The fourth-order valence-corrected chi connectivity index (χ4v) is 3.31. The van der Waals surface area contributed by atoms with Gasteiger partial charge >= 0.3 is 0 Å². The summed E-state index contributed by atoms with van der Waals surface area (Å²) in [6.45, 7) is 5.94. The Morgan fingerprint density at radius 3 is 2.36 bits per heavy atom. The van der Waals surface area contributed by atoms with Gasteiger partial charge < -0.3 is 4.74 Å². The Morgan fingerprint density at radius 1 is 0.920 bits per heavy atom. The fraction of sp³-hybridized carbons (Fsp3) is 0.300. The van der Waals surface area contributed by atoms with Crippen molar-refractivity contribution in [1.29, 1.82) is 0 Å². The second-order valence-electron chi connectivity index (χ2n) is 6.37. The summed E-state index contributed by atoms with van der Waals surface area (Å²) < 4.78 is 7.37. The largest absolute Gasteiger partial charge is 0.379 e. The van der Waals surface area contributed by atoms with Crippen LogP contribution in [0.5, 0.6) is 0 Å². The lowest BCUT2D eigenvalue weighted by Crippen LogP contribution is -2.37. The lowest BCUT2D eigenvalue weighted by atomic mass is 10.00. The van der Waals surface area contributed by atoms with Gasteiger partial charge in [-0.25, -0.2) is 0 Å². The number of ether oxygens (including phenoxy) is 1. The maximum absolute atomic E-state index is 5.45. The van der Waals surface area contributed by atoms with Crippen LogP contribution in [0.2, 0.25) is 0 Å². The van der Waals surface area contributed by atoms with Gasteiger partial charge in [-0.1, -0.05) is 36.4 Å². The lowest BCUT2D eigenvalue weighted by molar-refractivity contribution is 0.0198. The van der Waals surface area contributed by atoms with Crippen molar-refractivity contribution in [2.24, 2.45) is 0 Å². The van der Waals surface area contributed by atoms with E-state index >= 15 is 0 Å². The van der Waals surface area contributed by atoms with Crippen LogP contribution in [0.4, 0.5) is 0 Å². The summed E-state index contributed by atoms with van der Waals surface area (Å²) in [5.41, 5.74) is 4.82. The minimum atomic E-state index is 0.418. The second-order valence-corrected chi connectivity index (χ2v) is 6.37. The van der Waals surface area contributed by atoms with Gasteiger partial charge in [-0.3, -0.25) is 9.47 Å². The Hall–Kier alpha value is -2.50. The topological polar surface area (TPSA) is 43.2 Å². The van der Waals surface area contributed by atoms with Gasteiger partial charge in [0, 0.05) is 24.8 Å². The Balaban J connectivity index is 1.55. The molecular formula is C20H22N4O. The summed E-state index contributed by atoms with van der Waals surface area (Å²) in [5, 5.41) is 7.75. The minimum Gasteiger partial charge on any atom is -0.379 e. The molecule has 1 aliphatic heterocycles. The summed E-state index contributed by atoms with van der Waals surface area (Å²) in [7, 11) is 0. The zero-order valence-corrected chi connectivity index (χ0v) is 14.4. The Kier molecular flexibility index (Phi) is 4.59. The lowest BCUT2D eigenvalue weighted by Gasteiger charge is -2.32. The third-order valence-electron chi connectivity index (χ3n) is 4.88. The van der Waals surface area contributed by atoms with E-state index in [2.05, 4.69) is 70.6 Å². The number of rotatable bonds is 4. The van der Waals surface area contributed by atoms with Gasteiger partial charge in [-0.15, -0.1) is 10.2 Å². The molecule has 1 fully saturated rings. The molecule has 5 nitrogen and oxygen atoms in total. The van der Waals surface area contributed by atoms with Crippen molar-refractivity contribution < 1.29 is 4.74 Å². The van der Waals surface area contributed by atoms with E-state index in [0.29, 0.717) is 6.04 Å². The Labute approximate surface area is 147 Å². The summed E-state index contributed by atoms with van der Waals surface area (Å²) >= 11 is 0. The second kappa shape index (κ2) is 7.17. The van der Waals surface area contributed by atoms with Gasteiger partial charge in [0.25, 0.3) is 0 Å². The molecule has 0 radical (unpaired) electrons. The molecule has 1 saturated heterocycles. The van der Waals surface area contributed by atoms with E-state index in [-0.39, 0.29) is 0 Å². The molecule has 4 rings (SSSR count). The van der Waals surface area contributed by atoms with Crippen molar-refractivity contribution in [3.63, 3.8) is 0 Å².